The Morgan fingerprint density at radius 1 is 1.07 bits per heavy atom. The zero-order chi connectivity index (χ0) is 19.9. The van der Waals surface area contributed by atoms with Gasteiger partial charge in [0, 0.05) is 31.7 Å². The molecule has 0 aromatic heterocycles. The van der Waals surface area contributed by atoms with E-state index in [1.807, 2.05) is 16.7 Å². The first-order chi connectivity index (χ1) is 13.6. The number of carbonyl (C=O) groups is 2. The first kappa shape index (κ1) is 23.3. The minimum atomic E-state index is -0.0205. The van der Waals surface area contributed by atoms with Gasteiger partial charge in [-0.2, -0.15) is 0 Å². The molecule has 7 nitrogen and oxygen atoms in total. The molecule has 1 aromatic carbocycles. The highest BCUT2D eigenvalue weighted by molar-refractivity contribution is 5.95. The number of amides is 2. The molecule has 0 aliphatic carbocycles. The molecule has 0 spiro atoms. The van der Waals surface area contributed by atoms with Crippen LogP contribution in [0.25, 0.3) is 0 Å². The summed E-state index contributed by atoms with van der Waals surface area (Å²) < 4.78 is 11.4. The molecular formula is C21H32ClN3O4. The molecule has 0 saturated carbocycles. The number of likely N-dealkylation sites (tertiary alicyclic amines) is 2. The van der Waals surface area contributed by atoms with E-state index in [1.54, 1.807) is 18.2 Å². The summed E-state index contributed by atoms with van der Waals surface area (Å²) in [4.78, 5) is 28.8. The van der Waals surface area contributed by atoms with Gasteiger partial charge in [0.25, 0.3) is 11.8 Å². The highest BCUT2D eigenvalue weighted by Crippen LogP contribution is 2.30. The maximum Gasteiger partial charge on any atom is 0.260 e. The Labute approximate surface area is 178 Å². The second-order valence-electron chi connectivity index (χ2n) is 7.47. The van der Waals surface area contributed by atoms with Gasteiger partial charge in [-0.05, 0) is 63.3 Å². The quantitative estimate of drug-likeness (QED) is 0.724. The van der Waals surface area contributed by atoms with Crippen molar-refractivity contribution in [1.82, 2.24) is 9.80 Å². The van der Waals surface area contributed by atoms with Gasteiger partial charge in [-0.1, -0.05) is 0 Å². The van der Waals surface area contributed by atoms with Gasteiger partial charge in [0.05, 0.1) is 6.61 Å². The van der Waals surface area contributed by atoms with Crippen LogP contribution in [0.4, 0.5) is 0 Å². The molecule has 2 aliphatic heterocycles. The fraction of sp³-hybridized carbons (Fsp3) is 0.619. The molecule has 29 heavy (non-hydrogen) atoms. The second kappa shape index (κ2) is 11.3. The lowest BCUT2D eigenvalue weighted by molar-refractivity contribution is -0.134. The predicted molar refractivity (Wildman–Crippen MR) is 114 cm³/mol. The molecule has 0 radical (unpaired) electrons. The van der Waals surface area contributed by atoms with Crippen molar-refractivity contribution in [2.75, 3.05) is 45.9 Å². The average Bonchev–Trinajstić information content (AvgIpc) is 3.22. The Bertz CT molecular complexity index is 695. The van der Waals surface area contributed by atoms with Crippen molar-refractivity contribution in [3.05, 3.63) is 23.8 Å². The number of nitrogens with zero attached hydrogens (tertiary/aromatic N) is 2. The number of hydrogen-bond donors (Lipinski definition) is 1. The van der Waals surface area contributed by atoms with Crippen molar-refractivity contribution in [2.24, 2.45) is 11.7 Å². The van der Waals surface area contributed by atoms with Gasteiger partial charge in [-0.25, -0.2) is 0 Å². The van der Waals surface area contributed by atoms with E-state index in [0.717, 1.165) is 38.9 Å². The van der Waals surface area contributed by atoms with Crippen LogP contribution in [0.15, 0.2) is 18.2 Å². The van der Waals surface area contributed by atoms with Crippen molar-refractivity contribution >= 4 is 24.2 Å². The number of halogens is 1. The standard InChI is InChI=1S/C21H31N3O4.ClH/c1-2-27-19-12-17(21(26)24-11-8-16(13-22)14-24)6-7-18(19)28-15-20(25)23-9-4-3-5-10-23;/h6-7,12,16H,2-5,8-11,13-15,22H2,1H3;1H. The van der Waals surface area contributed by atoms with E-state index < -0.39 is 0 Å². The van der Waals surface area contributed by atoms with Crippen LogP contribution in [-0.4, -0.2) is 67.6 Å². The molecule has 2 amide bonds. The van der Waals surface area contributed by atoms with Crippen molar-refractivity contribution in [1.29, 1.82) is 0 Å². The molecule has 3 rings (SSSR count). The highest BCUT2D eigenvalue weighted by atomic mass is 35.5. The van der Waals surface area contributed by atoms with Crippen LogP contribution in [0.3, 0.4) is 0 Å². The fourth-order valence-electron chi connectivity index (χ4n) is 3.79. The van der Waals surface area contributed by atoms with Gasteiger partial charge in [-0.15, -0.1) is 12.4 Å². The molecule has 2 N–H and O–H groups in total. The number of rotatable bonds is 7. The lowest BCUT2D eigenvalue weighted by Gasteiger charge is -2.26. The van der Waals surface area contributed by atoms with E-state index in [4.69, 9.17) is 15.2 Å². The maximum atomic E-state index is 12.8. The van der Waals surface area contributed by atoms with E-state index in [9.17, 15) is 9.59 Å². The van der Waals surface area contributed by atoms with Gasteiger partial charge in [0.15, 0.2) is 18.1 Å². The van der Waals surface area contributed by atoms with Crippen LogP contribution in [0.5, 0.6) is 11.5 Å². The number of nitrogens with two attached hydrogens (primary N) is 1. The summed E-state index contributed by atoms with van der Waals surface area (Å²) in [5, 5.41) is 0. The molecule has 2 heterocycles. The predicted octanol–water partition coefficient (Wildman–Crippen LogP) is 2.32. The van der Waals surface area contributed by atoms with Crippen molar-refractivity contribution in [3.63, 3.8) is 0 Å². The molecular weight excluding hydrogens is 394 g/mol. The van der Waals surface area contributed by atoms with E-state index >= 15 is 0 Å². The van der Waals surface area contributed by atoms with Crippen LogP contribution in [0, 0.1) is 5.92 Å². The number of benzene rings is 1. The minimum absolute atomic E-state index is 0. The van der Waals surface area contributed by atoms with Gasteiger partial charge in [0.1, 0.15) is 0 Å². The summed E-state index contributed by atoms with van der Waals surface area (Å²) in [6.45, 7) is 5.94. The smallest absolute Gasteiger partial charge is 0.260 e. The Hall–Kier alpha value is -1.99. The van der Waals surface area contributed by atoms with E-state index in [2.05, 4.69) is 0 Å². The average molecular weight is 426 g/mol. The Morgan fingerprint density at radius 2 is 1.83 bits per heavy atom. The van der Waals surface area contributed by atoms with Crippen LogP contribution in [0.2, 0.25) is 0 Å². The molecule has 2 fully saturated rings. The monoisotopic (exact) mass is 425 g/mol. The van der Waals surface area contributed by atoms with Gasteiger partial charge in [0.2, 0.25) is 0 Å². The van der Waals surface area contributed by atoms with Crippen LogP contribution >= 0.6 is 12.4 Å². The number of ether oxygens (including phenoxy) is 2. The molecule has 8 heteroatoms. The highest BCUT2D eigenvalue weighted by Gasteiger charge is 2.27. The largest absolute Gasteiger partial charge is 0.490 e. The molecule has 1 atom stereocenters. The number of carbonyl (C=O) groups excluding carboxylic acids is 2. The Kier molecular flexibility index (Phi) is 9.04. The maximum absolute atomic E-state index is 12.8. The molecule has 162 valence electrons. The third-order valence-electron chi connectivity index (χ3n) is 5.46. The van der Waals surface area contributed by atoms with Crippen LogP contribution in [-0.2, 0) is 4.79 Å². The zero-order valence-electron chi connectivity index (χ0n) is 17.1. The summed E-state index contributed by atoms with van der Waals surface area (Å²) >= 11 is 0. The third-order valence-corrected chi connectivity index (χ3v) is 5.46. The molecule has 1 aromatic rings. The summed E-state index contributed by atoms with van der Waals surface area (Å²) in [6, 6.07) is 5.17. The Morgan fingerprint density at radius 3 is 2.48 bits per heavy atom. The fourth-order valence-corrected chi connectivity index (χ4v) is 3.79. The van der Waals surface area contributed by atoms with Crippen molar-refractivity contribution < 1.29 is 19.1 Å². The molecule has 1 unspecified atom stereocenters. The summed E-state index contributed by atoms with van der Waals surface area (Å²) in [5.41, 5.74) is 6.29. The van der Waals surface area contributed by atoms with Crippen LogP contribution in [0.1, 0.15) is 43.0 Å². The lowest BCUT2D eigenvalue weighted by Crippen LogP contribution is -2.38. The van der Waals surface area contributed by atoms with Gasteiger partial charge in [-0.3, -0.25) is 9.59 Å². The molecule has 2 aliphatic rings. The second-order valence-corrected chi connectivity index (χ2v) is 7.47. The van der Waals surface area contributed by atoms with Gasteiger partial charge >= 0.3 is 0 Å². The first-order valence-corrected chi connectivity index (χ1v) is 10.3. The van der Waals surface area contributed by atoms with E-state index in [-0.39, 0.29) is 30.8 Å². The molecule has 0 bridgehead atoms. The molecule has 2 saturated heterocycles. The number of hydrogen-bond acceptors (Lipinski definition) is 5. The Balaban J connectivity index is 0.00000300. The topological polar surface area (TPSA) is 85.1 Å². The summed E-state index contributed by atoms with van der Waals surface area (Å²) in [5.74, 6) is 1.33. The minimum Gasteiger partial charge on any atom is -0.490 e. The van der Waals surface area contributed by atoms with Crippen LogP contribution < -0.4 is 15.2 Å². The lowest BCUT2D eigenvalue weighted by atomic mass is 10.1. The van der Waals surface area contributed by atoms with E-state index in [0.29, 0.717) is 42.7 Å². The first-order valence-electron chi connectivity index (χ1n) is 10.3. The summed E-state index contributed by atoms with van der Waals surface area (Å²) in [6.07, 6.45) is 4.22. The zero-order valence-corrected chi connectivity index (χ0v) is 17.9. The van der Waals surface area contributed by atoms with Crippen molar-refractivity contribution in [2.45, 2.75) is 32.6 Å². The SMILES string of the molecule is CCOc1cc(C(=O)N2CCC(CN)C2)ccc1OCC(=O)N1CCCCC1.Cl. The normalized spacial score (nSPS) is 18.9. The number of piperidine rings is 1. The third kappa shape index (κ3) is 6.00. The van der Waals surface area contributed by atoms with E-state index in [1.165, 1.54) is 6.42 Å². The van der Waals surface area contributed by atoms with Crippen molar-refractivity contribution in [3.8, 4) is 11.5 Å². The summed E-state index contributed by atoms with van der Waals surface area (Å²) in [7, 11) is 0. The van der Waals surface area contributed by atoms with Gasteiger partial charge < -0.3 is 25.0 Å².